The predicted molar refractivity (Wildman–Crippen MR) is 101 cm³/mol. The molecule has 0 spiro atoms. The van der Waals surface area contributed by atoms with Gasteiger partial charge in [-0.2, -0.15) is 5.10 Å². The van der Waals surface area contributed by atoms with E-state index < -0.39 is 34.8 Å². The molecule has 3 aromatic rings. The van der Waals surface area contributed by atoms with E-state index >= 15 is 0 Å². The summed E-state index contributed by atoms with van der Waals surface area (Å²) in [6.07, 6.45) is 2.94. The molecule has 0 radical (unpaired) electrons. The lowest BCUT2D eigenvalue weighted by molar-refractivity contribution is 0.0996. The highest BCUT2D eigenvalue weighted by Gasteiger charge is 2.21. The third-order valence-corrected chi connectivity index (χ3v) is 3.86. The monoisotopic (exact) mass is 402 g/mol. The summed E-state index contributed by atoms with van der Waals surface area (Å²) in [5, 5.41) is 9.16. The molecule has 0 fully saturated rings. The van der Waals surface area contributed by atoms with Crippen molar-refractivity contribution in [2.45, 2.75) is 0 Å². The highest BCUT2D eigenvalue weighted by atomic mass is 19.1. The molecule has 0 aliphatic heterocycles. The summed E-state index contributed by atoms with van der Waals surface area (Å²) in [5.74, 6) is -2.40. The molecule has 10 nitrogen and oxygen atoms in total. The molecule has 0 aliphatic rings. The SMILES string of the molecule is CN(C(=O)Nc1c(F)ccc(C(N)=O)c1F)c1cc(Nc2ccn(C)n2)ncn1. The van der Waals surface area contributed by atoms with Crippen LogP contribution in [0.4, 0.5) is 36.7 Å². The van der Waals surface area contributed by atoms with Crippen molar-refractivity contribution in [3.05, 3.63) is 54.0 Å². The van der Waals surface area contributed by atoms with Gasteiger partial charge in [0.1, 0.15) is 29.5 Å². The average molecular weight is 402 g/mol. The number of aryl methyl sites for hydroxylation is 1. The van der Waals surface area contributed by atoms with Gasteiger partial charge in [0, 0.05) is 32.4 Å². The molecule has 3 amide bonds. The fraction of sp³-hybridized carbons (Fsp3) is 0.118. The van der Waals surface area contributed by atoms with Crippen LogP contribution in [0.3, 0.4) is 0 Å². The number of amides is 3. The molecule has 2 heterocycles. The van der Waals surface area contributed by atoms with Gasteiger partial charge in [0.25, 0.3) is 5.91 Å². The summed E-state index contributed by atoms with van der Waals surface area (Å²) in [6.45, 7) is 0. The topological polar surface area (TPSA) is 131 Å². The zero-order valence-corrected chi connectivity index (χ0v) is 15.3. The largest absolute Gasteiger partial charge is 0.366 e. The molecular weight excluding hydrogens is 386 g/mol. The van der Waals surface area contributed by atoms with E-state index in [4.69, 9.17) is 5.73 Å². The quantitative estimate of drug-likeness (QED) is 0.598. The highest BCUT2D eigenvalue weighted by molar-refractivity contribution is 6.02. The number of nitrogens with one attached hydrogen (secondary N) is 2. The van der Waals surface area contributed by atoms with Crippen LogP contribution in [-0.4, -0.2) is 38.7 Å². The average Bonchev–Trinajstić information content (AvgIpc) is 3.08. The van der Waals surface area contributed by atoms with Crippen LogP contribution in [0.25, 0.3) is 0 Å². The molecule has 3 rings (SSSR count). The standard InChI is InChI=1S/C17H16F2N8O2/c1-26-6-5-11(25-26)23-12-7-13(22-8-21-12)27(2)17(29)24-15-10(18)4-3-9(14(15)19)16(20)28/h3-8H,1-2H3,(H2,20,28)(H,24,29)(H,21,22,23,25). The van der Waals surface area contributed by atoms with Gasteiger partial charge in [-0.05, 0) is 12.1 Å². The molecular formula is C17H16F2N8O2. The van der Waals surface area contributed by atoms with Crippen molar-refractivity contribution < 1.29 is 18.4 Å². The van der Waals surface area contributed by atoms with Gasteiger partial charge in [-0.1, -0.05) is 0 Å². The molecule has 1 aromatic carbocycles. The predicted octanol–water partition coefficient (Wildman–Crippen LogP) is 2.00. The number of hydrogen-bond acceptors (Lipinski definition) is 6. The van der Waals surface area contributed by atoms with Crippen molar-refractivity contribution in [2.75, 3.05) is 22.6 Å². The van der Waals surface area contributed by atoms with Gasteiger partial charge in [-0.15, -0.1) is 0 Å². The van der Waals surface area contributed by atoms with Crippen LogP contribution in [0, 0.1) is 11.6 Å². The number of nitrogens with zero attached hydrogens (tertiary/aromatic N) is 5. The summed E-state index contributed by atoms with van der Waals surface area (Å²) >= 11 is 0. The maximum absolute atomic E-state index is 14.3. The van der Waals surface area contributed by atoms with E-state index in [0.717, 1.165) is 17.0 Å². The van der Waals surface area contributed by atoms with E-state index in [-0.39, 0.29) is 5.82 Å². The van der Waals surface area contributed by atoms with Crippen molar-refractivity contribution >= 4 is 35.1 Å². The summed E-state index contributed by atoms with van der Waals surface area (Å²) < 4.78 is 29.8. The fourth-order valence-electron chi connectivity index (χ4n) is 2.36. The number of benzene rings is 1. The van der Waals surface area contributed by atoms with E-state index in [2.05, 4.69) is 25.7 Å². The van der Waals surface area contributed by atoms with E-state index in [0.29, 0.717) is 11.6 Å². The zero-order chi connectivity index (χ0) is 21.1. The first-order valence-corrected chi connectivity index (χ1v) is 8.17. The molecule has 0 bridgehead atoms. The van der Waals surface area contributed by atoms with Gasteiger partial charge in [-0.25, -0.2) is 23.5 Å². The summed E-state index contributed by atoms with van der Waals surface area (Å²) in [7, 11) is 3.09. The lowest BCUT2D eigenvalue weighted by Crippen LogP contribution is -2.33. The highest BCUT2D eigenvalue weighted by Crippen LogP contribution is 2.23. The number of urea groups is 1. The Balaban J connectivity index is 1.80. The van der Waals surface area contributed by atoms with Gasteiger partial charge in [0.15, 0.2) is 11.6 Å². The molecule has 2 aromatic heterocycles. The minimum atomic E-state index is -1.26. The first-order chi connectivity index (χ1) is 13.8. The number of rotatable bonds is 5. The van der Waals surface area contributed by atoms with E-state index in [1.54, 1.807) is 24.0 Å². The Bertz CT molecular complexity index is 1090. The Labute approximate surface area is 163 Å². The molecule has 12 heteroatoms. The second kappa shape index (κ2) is 7.88. The summed E-state index contributed by atoms with van der Waals surface area (Å²) in [5.41, 5.74) is 3.70. The van der Waals surface area contributed by atoms with E-state index in [9.17, 15) is 18.4 Å². The van der Waals surface area contributed by atoms with Crippen molar-refractivity contribution in [1.82, 2.24) is 19.7 Å². The number of primary amides is 1. The van der Waals surface area contributed by atoms with Crippen LogP contribution < -0.4 is 21.3 Å². The zero-order valence-electron chi connectivity index (χ0n) is 15.3. The number of carbonyl (C=O) groups is 2. The molecule has 0 saturated carbocycles. The van der Waals surface area contributed by atoms with Crippen molar-refractivity contribution in [1.29, 1.82) is 0 Å². The smallest absolute Gasteiger partial charge is 0.327 e. The Hall–Kier alpha value is -4.09. The summed E-state index contributed by atoms with van der Waals surface area (Å²) in [4.78, 5) is 32.7. The first kappa shape index (κ1) is 19.7. The number of anilines is 4. The van der Waals surface area contributed by atoms with Crippen LogP contribution in [0.2, 0.25) is 0 Å². The number of nitrogens with two attached hydrogens (primary N) is 1. The number of halogens is 2. The minimum absolute atomic E-state index is 0.141. The maximum Gasteiger partial charge on any atom is 0.327 e. The van der Waals surface area contributed by atoms with Crippen molar-refractivity contribution in [2.24, 2.45) is 12.8 Å². The van der Waals surface area contributed by atoms with Crippen LogP contribution in [0.1, 0.15) is 10.4 Å². The van der Waals surface area contributed by atoms with Crippen molar-refractivity contribution in [3.8, 4) is 0 Å². The number of hydrogen-bond donors (Lipinski definition) is 3. The van der Waals surface area contributed by atoms with Crippen LogP contribution in [-0.2, 0) is 7.05 Å². The van der Waals surface area contributed by atoms with E-state index in [1.807, 2.05) is 0 Å². The van der Waals surface area contributed by atoms with Gasteiger partial charge in [0.2, 0.25) is 0 Å². The number of carbonyl (C=O) groups excluding carboxylic acids is 2. The van der Waals surface area contributed by atoms with Gasteiger partial charge in [0.05, 0.1) is 5.56 Å². The molecule has 150 valence electrons. The second-order valence-electron chi connectivity index (χ2n) is 5.90. The molecule has 0 atom stereocenters. The first-order valence-electron chi connectivity index (χ1n) is 8.17. The molecule has 0 saturated heterocycles. The van der Waals surface area contributed by atoms with Crippen LogP contribution >= 0.6 is 0 Å². The Kier molecular flexibility index (Phi) is 5.34. The third kappa shape index (κ3) is 4.26. The molecule has 0 unspecified atom stereocenters. The van der Waals surface area contributed by atoms with Crippen molar-refractivity contribution in [3.63, 3.8) is 0 Å². The van der Waals surface area contributed by atoms with Gasteiger partial charge in [-0.3, -0.25) is 14.4 Å². The number of aromatic nitrogens is 4. The molecule has 4 N–H and O–H groups in total. The lowest BCUT2D eigenvalue weighted by atomic mass is 10.1. The fourth-order valence-corrected chi connectivity index (χ4v) is 2.36. The lowest BCUT2D eigenvalue weighted by Gasteiger charge is -2.18. The Morgan fingerprint density at radius 2 is 1.93 bits per heavy atom. The Morgan fingerprint density at radius 3 is 2.59 bits per heavy atom. The van der Waals surface area contributed by atoms with Crippen LogP contribution in [0.5, 0.6) is 0 Å². The molecule has 0 aliphatic carbocycles. The maximum atomic E-state index is 14.3. The molecule has 29 heavy (non-hydrogen) atoms. The normalized spacial score (nSPS) is 10.5. The van der Waals surface area contributed by atoms with Gasteiger partial charge >= 0.3 is 6.03 Å². The van der Waals surface area contributed by atoms with Gasteiger partial charge < -0.3 is 16.4 Å². The summed E-state index contributed by atoms with van der Waals surface area (Å²) in [6, 6.07) is 3.99. The minimum Gasteiger partial charge on any atom is -0.366 e. The second-order valence-corrected chi connectivity index (χ2v) is 5.90. The van der Waals surface area contributed by atoms with E-state index in [1.165, 1.54) is 19.4 Å². The third-order valence-electron chi connectivity index (χ3n) is 3.86. The Morgan fingerprint density at radius 1 is 1.17 bits per heavy atom. The van der Waals surface area contributed by atoms with Crippen LogP contribution in [0.15, 0.2) is 36.8 Å².